The Morgan fingerprint density at radius 2 is 1.20 bits per heavy atom. The molecule has 0 saturated heterocycles. The molecule has 2 aromatic heterocycles. The van der Waals surface area contributed by atoms with Crippen molar-refractivity contribution in [1.82, 2.24) is 9.13 Å². The molecule has 8 nitrogen and oxygen atoms in total. The molecule has 44 heavy (non-hydrogen) atoms. The molecule has 1 N–H and O–H groups in total. The maximum Gasteiger partial charge on any atom is 0.305 e. The number of hydrogen-bond donors (Lipinski definition) is 1. The first-order chi connectivity index (χ1) is 21.0. The second-order valence-electron chi connectivity index (χ2n) is 10.6. The largest absolute Gasteiger partial charge is 0.481 e. The van der Waals surface area contributed by atoms with Crippen LogP contribution in [0, 0.1) is 33.5 Å². The number of methoxy groups -OCH3 is 1. The van der Waals surface area contributed by atoms with Crippen molar-refractivity contribution >= 4 is 24.5 Å². The van der Waals surface area contributed by atoms with Gasteiger partial charge in [0.2, 0.25) is 0 Å². The first-order valence-corrected chi connectivity index (χ1v) is 14.4. The van der Waals surface area contributed by atoms with Crippen LogP contribution in [0.3, 0.4) is 0 Å². The van der Waals surface area contributed by atoms with Crippen LogP contribution in [0.25, 0.3) is 0 Å². The number of ether oxygens (including phenoxy) is 1. The molecule has 2 aromatic carbocycles. The molecule has 0 aliphatic rings. The van der Waals surface area contributed by atoms with Gasteiger partial charge in [-0.25, -0.2) is 4.39 Å². The average molecular weight is 603 g/mol. The number of halogens is 1. The molecule has 0 bridgehead atoms. The number of carboxylic acids is 1. The number of carboxylic acid groups (broad SMARTS) is 1. The van der Waals surface area contributed by atoms with Gasteiger partial charge in [0, 0.05) is 37.3 Å². The van der Waals surface area contributed by atoms with Gasteiger partial charge in [0.25, 0.3) is 0 Å². The van der Waals surface area contributed by atoms with Gasteiger partial charge < -0.3 is 19.0 Å². The van der Waals surface area contributed by atoms with Crippen LogP contribution in [-0.4, -0.2) is 45.9 Å². The molecule has 4 aromatic rings. The molecule has 0 radical (unpaired) electrons. The van der Waals surface area contributed by atoms with Crippen molar-refractivity contribution in [2.75, 3.05) is 7.11 Å². The van der Waals surface area contributed by atoms with Crippen LogP contribution in [0.4, 0.5) is 4.39 Å². The molecule has 0 unspecified atom stereocenters. The highest BCUT2D eigenvalue weighted by atomic mass is 19.1. The summed E-state index contributed by atoms with van der Waals surface area (Å²) >= 11 is 0. The Labute approximate surface area is 257 Å². The summed E-state index contributed by atoms with van der Waals surface area (Å²) in [7, 11) is 1.36. The zero-order chi connectivity index (χ0) is 32.4. The van der Waals surface area contributed by atoms with E-state index in [-0.39, 0.29) is 24.6 Å². The van der Waals surface area contributed by atoms with Crippen LogP contribution in [0.2, 0.25) is 0 Å². The normalized spacial score (nSPS) is 10.6. The lowest BCUT2D eigenvalue weighted by atomic mass is 10.1. The summed E-state index contributed by atoms with van der Waals surface area (Å²) in [6.07, 6.45) is 3.02. The predicted molar refractivity (Wildman–Crippen MR) is 166 cm³/mol. The predicted octanol–water partition coefficient (Wildman–Crippen LogP) is 6.19. The van der Waals surface area contributed by atoms with Crippen LogP contribution < -0.4 is 0 Å². The highest BCUT2D eigenvalue weighted by molar-refractivity contribution is 5.78. The van der Waals surface area contributed by atoms with E-state index in [1.807, 2.05) is 67.2 Å². The molecule has 0 aliphatic heterocycles. The molecule has 9 heteroatoms. The number of esters is 1. The topological polar surface area (TPSA) is 108 Å². The van der Waals surface area contributed by atoms with E-state index >= 15 is 0 Å². The molecule has 0 amide bonds. The van der Waals surface area contributed by atoms with Crippen molar-refractivity contribution < 1.29 is 33.4 Å². The van der Waals surface area contributed by atoms with Crippen molar-refractivity contribution in [1.29, 1.82) is 0 Å². The third kappa shape index (κ3) is 8.18. The van der Waals surface area contributed by atoms with Gasteiger partial charge in [-0.15, -0.1) is 0 Å². The Balaban J connectivity index is 0.000000241. The van der Waals surface area contributed by atoms with E-state index < -0.39 is 5.97 Å². The van der Waals surface area contributed by atoms with Gasteiger partial charge in [-0.1, -0.05) is 42.5 Å². The van der Waals surface area contributed by atoms with Crippen molar-refractivity contribution in [3.05, 3.63) is 117 Å². The smallest absolute Gasteiger partial charge is 0.305 e. The average Bonchev–Trinajstić information content (AvgIpc) is 3.38. The molecule has 2 heterocycles. The summed E-state index contributed by atoms with van der Waals surface area (Å²) in [5.41, 5.74) is 8.88. The Bertz CT molecular complexity index is 1620. The van der Waals surface area contributed by atoms with E-state index in [0.717, 1.165) is 57.3 Å². The highest BCUT2D eigenvalue weighted by Gasteiger charge is 2.19. The lowest BCUT2D eigenvalue weighted by molar-refractivity contribution is -0.140. The second-order valence-corrected chi connectivity index (χ2v) is 10.6. The molecule has 0 fully saturated rings. The number of benzene rings is 2. The number of rotatable bonds is 12. The summed E-state index contributed by atoms with van der Waals surface area (Å²) in [6.45, 7) is 8.74. The van der Waals surface area contributed by atoms with Crippen molar-refractivity contribution in [2.45, 2.75) is 66.5 Å². The van der Waals surface area contributed by atoms with E-state index in [1.165, 1.54) is 19.2 Å². The van der Waals surface area contributed by atoms with Crippen LogP contribution in [0.1, 0.15) is 78.6 Å². The van der Waals surface area contributed by atoms with Gasteiger partial charge in [0.15, 0.2) is 12.6 Å². The Morgan fingerprint density at radius 3 is 1.64 bits per heavy atom. The molecule has 0 spiro atoms. The van der Waals surface area contributed by atoms with Crippen LogP contribution >= 0.6 is 0 Å². The molecule has 0 aliphatic carbocycles. The number of aromatic nitrogens is 2. The summed E-state index contributed by atoms with van der Waals surface area (Å²) in [5, 5.41) is 8.85. The lowest BCUT2D eigenvalue weighted by Crippen LogP contribution is -2.07. The van der Waals surface area contributed by atoms with Crippen molar-refractivity contribution in [3.8, 4) is 0 Å². The monoisotopic (exact) mass is 602 g/mol. The zero-order valence-electron chi connectivity index (χ0n) is 25.9. The zero-order valence-corrected chi connectivity index (χ0v) is 25.9. The summed E-state index contributed by atoms with van der Waals surface area (Å²) < 4.78 is 21.6. The minimum Gasteiger partial charge on any atom is -0.481 e. The molecule has 4 rings (SSSR count). The fraction of sp³-hybridized carbons (Fsp3) is 0.314. The fourth-order valence-corrected chi connectivity index (χ4v) is 5.49. The molecule has 232 valence electrons. The molecular formula is C35H39FN2O6. The number of carbonyl (C=O) groups is 4. The second kappa shape index (κ2) is 15.6. The number of aliphatic carboxylic acids is 1. The number of aldehydes is 2. The van der Waals surface area contributed by atoms with E-state index in [4.69, 9.17) is 5.11 Å². The van der Waals surface area contributed by atoms with Crippen LogP contribution in [0.15, 0.2) is 54.6 Å². The van der Waals surface area contributed by atoms with Gasteiger partial charge in [-0.05, 0) is 86.1 Å². The number of hydrogen-bond acceptors (Lipinski definition) is 5. The third-order valence-corrected chi connectivity index (χ3v) is 7.99. The first kappa shape index (κ1) is 33.7. The van der Waals surface area contributed by atoms with Gasteiger partial charge >= 0.3 is 11.9 Å². The first-order valence-electron chi connectivity index (χ1n) is 14.4. The molecule has 0 atom stereocenters. The van der Waals surface area contributed by atoms with Crippen LogP contribution in [-0.2, 0) is 40.3 Å². The minimum atomic E-state index is -0.822. The summed E-state index contributed by atoms with van der Waals surface area (Å²) in [4.78, 5) is 45.0. The minimum absolute atomic E-state index is 0.0787. The van der Waals surface area contributed by atoms with Gasteiger partial charge in [0.1, 0.15) is 5.82 Å². The van der Waals surface area contributed by atoms with E-state index in [9.17, 15) is 23.6 Å². The fourth-order valence-electron chi connectivity index (χ4n) is 5.49. The standard InChI is InChI=1S/C18H20FNO3.C17H19NO3/c1-12-16(8-9-18(22)23-3)13(2)20(17(12)11-21)10-14-4-6-15(19)7-5-14;1-12-15(8-9-17(20)21)13(2)18(16(12)11-19)10-14-6-4-3-5-7-14/h4-7,11H,8-10H2,1-3H3;3-7,11H,8-10H2,1-2H3,(H,20,21). The number of nitrogens with zero attached hydrogens (tertiary/aromatic N) is 2. The van der Waals surface area contributed by atoms with Gasteiger partial charge in [-0.3, -0.25) is 19.2 Å². The van der Waals surface area contributed by atoms with Gasteiger partial charge in [-0.2, -0.15) is 0 Å². The maximum absolute atomic E-state index is 13.0. The van der Waals surface area contributed by atoms with Crippen molar-refractivity contribution in [3.63, 3.8) is 0 Å². The molecule has 0 saturated carbocycles. The Morgan fingerprint density at radius 1 is 0.750 bits per heavy atom. The summed E-state index contributed by atoms with van der Waals surface area (Å²) in [5.74, 6) is -1.39. The van der Waals surface area contributed by atoms with Crippen molar-refractivity contribution in [2.24, 2.45) is 0 Å². The van der Waals surface area contributed by atoms with E-state index in [0.29, 0.717) is 37.3 Å². The highest BCUT2D eigenvalue weighted by Crippen LogP contribution is 2.25. The lowest BCUT2D eigenvalue weighted by Gasteiger charge is -2.09. The quantitative estimate of drug-likeness (QED) is 0.153. The maximum atomic E-state index is 13.0. The SMILES string of the molecule is COC(=O)CCc1c(C)c(C=O)n(Cc2ccc(F)cc2)c1C.Cc1c(CCC(=O)O)c(C)n(Cc2ccccc2)c1C=O. The van der Waals surface area contributed by atoms with E-state index in [1.54, 1.807) is 12.1 Å². The third-order valence-electron chi connectivity index (χ3n) is 7.99. The Hall–Kier alpha value is -4.79. The Kier molecular flexibility index (Phi) is 12.0. The van der Waals surface area contributed by atoms with Crippen LogP contribution in [0.5, 0.6) is 0 Å². The summed E-state index contributed by atoms with van der Waals surface area (Å²) in [6, 6.07) is 16.1. The number of carbonyl (C=O) groups excluding carboxylic acids is 3. The van der Waals surface area contributed by atoms with E-state index in [2.05, 4.69) is 4.74 Å². The van der Waals surface area contributed by atoms with Gasteiger partial charge in [0.05, 0.1) is 18.5 Å². The molecular weight excluding hydrogens is 563 g/mol.